The minimum atomic E-state index is -3.21. The van der Waals surface area contributed by atoms with Crippen LogP contribution >= 0.6 is 0 Å². The smallest absolute Gasteiger partial charge is 0.241 e. The Labute approximate surface area is 178 Å². The highest BCUT2D eigenvalue weighted by atomic mass is 32.2. The number of nitrogens with one attached hydrogen (secondary N) is 1. The molecule has 1 aliphatic rings. The number of hydrogen-bond donors (Lipinski definition) is 2. The van der Waals surface area contributed by atoms with Gasteiger partial charge in [-0.2, -0.15) is 5.26 Å². The van der Waals surface area contributed by atoms with Crippen molar-refractivity contribution in [3.63, 3.8) is 0 Å². The molecule has 1 fully saturated rings. The number of nitrogens with zero attached hydrogens (tertiary/aromatic N) is 1. The minimum Gasteiger partial charge on any atom is -0.338 e. The third-order valence-corrected chi connectivity index (χ3v) is 7.48. The van der Waals surface area contributed by atoms with Crippen LogP contribution in [0.5, 0.6) is 0 Å². The molecule has 30 heavy (non-hydrogen) atoms. The molecule has 0 aliphatic heterocycles. The Kier molecular flexibility index (Phi) is 6.59. The Morgan fingerprint density at radius 3 is 2.13 bits per heavy atom. The Hall–Kier alpha value is -2.69. The molecule has 0 saturated heterocycles. The molecule has 3 N–H and O–H groups in total. The monoisotopic (exact) mass is 425 g/mol. The highest BCUT2D eigenvalue weighted by Crippen LogP contribution is 2.27. The van der Waals surface area contributed by atoms with E-state index in [0.717, 1.165) is 29.5 Å². The topological polar surface area (TPSA) is 113 Å². The van der Waals surface area contributed by atoms with Crippen LogP contribution in [0.25, 0.3) is 11.1 Å². The van der Waals surface area contributed by atoms with Crippen molar-refractivity contribution in [2.24, 2.45) is 5.73 Å². The zero-order valence-electron chi connectivity index (χ0n) is 17.1. The molecule has 1 atom stereocenters. The van der Waals surface area contributed by atoms with E-state index < -0.39 is 21.4 Å². The molecule has 158 valence electrons. The molecule has 6 nitrogen and oxygen atoms in total. The van der Waals surface area contributed by atoms with Gasteiger partial charge in [-0.3, -0.25) is 4.79 Å². The number of benzene rings is 2. The van der Waals surface area contributed by atoms with Crippen molar-refractivity contribution in [3.05, 3.63) is 54.1 Å². The van der Waals surface area contributed by atoms with Crippen molar-refractivity contribution in [2.75, 3.05) is 5.75 Å². The number of carbonyl (C=O) groups is 1. The summed E-state index contributed by atoms with van der Waals surface area (Å²) in [7, 11) is -3.21. The number of amides is 1. The average molecular weight is 426 g/mol. The maximum Gasteiger partial charge on any atom is 0.241 e. The molecule has 1 aliphatic carbocycles. The molecule has 0 spiro atoms. The summed E-state index contributed by atoms with van der Waals surface area (Å²) in [6.45, 7) is 1.63. The quantitative estimate of drug-likeness (QED) is 0.708. The molecule has 2 aromatic rings. The third kappa shape index (κ3) is 4.89. The zero-order chi connectivity index (χ0) is 21.8. The lowest BCUT2D eigenvalue weighted by Gasteiger charge is -2.24. The number of rotatable bonds is 7. The summed E-state index contributed by atoms with van der Waals surface area (Å²) in [4.78, 5) is 12.8. The largest absolute Gasteiger partial charge is 0.338 e. The van der Waals surface area contributed by atoms with Gasteiger partial charge in [-0.15, -0.1) is 0 Å². The summed E-state index contributed by atoms with van der Waals surface area (Å²) in [5.41, 5.74) is 8.10. The van der Waals surface area contributed by atoms with Gasteiger partial charge in [0.1, 0.15) is 6.04 Å². The van der Waals surface area contributed by atoms with Crippen LogP contribution in [0.1, 0.15) is 38.2 Å². The van der Waals surface area contributed by atoms with Gasteiger partial charge >= 0.3 is 0 Å². The normalized spacial score (nSPS) is 16.6. The van der Waals surface area contributed by atoms with Crippen LogP contribution in [-0.2, 0) is 21.1 Å². The Balaban J connectivity index is 1.66. The van der Waals surface area contributed by atoms with Gasteiger partial charge in [0, 0.05) is 6.42 Å². The molecule has 0 unspecified atom stereocenters. The summed E-state index contributed by atoms with van der Waals surface area (Å²) in [6, 6.07) is 16.0. The van der Waals surface area contributed by atoms with Crippen molar-refractivity contribution in [1.29, 1.82) is 5.26 Å². The van der Waals surface area contributed by atoms with Crippen molar-refractivity contribution in [3.8, 4) is 17.2 Å². The maximum atomic E-state index is 12.5. The Bertz CT molecular complexity index is 1030. The predicted octanol–water partition coefficient (Wildman–Crippen LogP) is 2.97. The van der Waals surface area contributed by atoms with Gasteiger partial charge in [0.05, 0.1) is 22.3 Å². The van der Waals surface area contributed by atoms with Crippen LogP contribution in [0.4, 0.5) is 0 Å². The van der Waals surface area contributed by atoms with Crippen LogP contribution in [0.15, 0.2) is 53.4 Å². The van der Waals surface area contributed by atoms with E-state index in [1.807, 2.05) is 24.3 Å². The molecule has 1 saturated carbocycles. The summed E-state index contributed by atoms with van der Waals surface area (Å²) >= 11 is 0. The van der Waals surface area contributed by atoms with E-state index >= 15 is 0 Å². The Morgan fingerprint density at radius 1 is 1.10 bits per heavy atom. The molecule has 3 rings (SSSR count). The van der Waals surface area contributed by atoms with Crippen molar-refractivity contribution in [1.82, 2.24) is 5.32 Å². The zero-order valence-corrected chi connectivity index (χ0v) is 17.9. The van der Waals surface area contributed by atoms with Gasteiger partial charge in [-0.1, -0.05) is 56.2 Å². The maximum absolute atomic E-state index is 12.5. The lowest BCUT2D eigenvalue weighted by Crippen LogP contribution is -2.54. The molecule has 0 radical (unpaired) electrons. The predicted molar refractivity (Wildman–Crippen MR) is 116 cm³/mol. The van der Waals surface area contributed by atoms with Crippen molar-refractivity contribution in [2.45, 2.75) is 55.5 Å². The lowest BCUT2D eigenvalue weighted by atomic mass is 9.96. The van der Waals surface area contributed by atoms with Gasteiger partial charge in [0.25, 0.3) is 0 Å². The number of carbonyl (C=O) groups excluding carboxylic acids is 1. The molecule has 7 heteroatoms. The number of sulfone groups is 1. The van der Waals surface area contributed by atoms with Gasteiger partial charge in [0.15, 0.2) is 9.84 Å². The first-order chi connectivity index (χ1) is 14.3. The molecular formula is C23H27N3O3S. The fraction of sp³-hybridized carbons (Fsp3) is 0.391. The molecule has 2 aromatic carbocycles. The Morgan fingerprint density at radius 2 is 1.63 bits per heavy atom. The summed E-state index contributed by atoms with van der Waals surface area (Å²) in [6.07, 6.45) is 3.59. The van der Waals surface area contributed by atoms with Gasteiger partial charge in [-0.25, -0.2) is 8.42 Å². The minimum absolute atomic E-state index is 0.0723. The van der Waals surface area contributed by atoms with E-state index in [2.05, 4.69) is 11.4 Å². The van der Waals surface area contributed by atoms with Crippen LogP contribution in [0.3, 0.4) is 0 Å². The van der Waals surface area contributed by atoms with Crippen LogP contribution in [-0.4, -0.2) is 31.7 Å². The van der Waals surface area contributed by atoms with Crippen LogP contribution < -0.4 is 11.1 Å². The first-order valence-electron chi connectivity index (χ1n) is 10.2. The van der Waals surface area contributed by atoms with Crippen LogP contribution in [0.2, 0.25) is 0 Å². The number of nitriles is 1. The molecule has 0 heterocycles. The second kappa shape index (κ2) is 8.99. The highest BCUT2D eigenvalue weighted by Gasteiger charge is 2.37. The van der Waals surface area contributed by atoms with E-state index in [1.165, 1.54) is 0 Å². The van der Waals surface area contributed by atoms with E-state index in [0.29, 0.717) is 24.2 Å². The number of nitrogens with two attached hydrogens (primary N) is 1. The molecule has 0 bridgehead atoms. The fourth-order valence-corrected chi connectivity index (χ4v) is 4.64. The van der Waals surface area contributed by atoms with Crippen molar-refractivity contribution >= 4 is 15.7 Å². The van der Waals surface area contributed by atoms with E-state index in [4.69, 9.17) is 5.73 Å². The lowest BCUT2D eigenvalue weighted by molar-refractivity contribution is -0.126. The standard InChI is InChI=1S/C23H27N3O3S/c1-2-30(28,29)21-11-9-19(10-12-21)18-7-5-17(6-8-18)15-20(16-24)26-22(27)23(25)13-3-4-14-23/h5-12,20H,2-4,13-15,25H2,1H3,(H,26,27)/t20-/m0/s1. The SMILES string of the molecule is CCS(=O)(=O)c1ccc(-c2ccc(C[C@@H](C#N)NC(=O)C3(N)CCCC3)cc2)cc1. The molecule has 0 aromatic heterocycles. The third-order valence-electron chi connectivity index (χ3n) is 5.73. The summed E-state index contributed by atoms with van der Waals surface area (Å²) in [5, 5.41) is 12.2. The average Bonchev–Trinajstić information content (AvgIpc) is 3.21. The van der Waals surface area contributed by atoms with E-state index in [9.17, 15) is 18.5 Å². The van der Waals surface area contributed by atoms with E-state index in [-0.39, 0.29) is 11.7 Å². The molecular weight excluding hydrogens is 398 g/mol. The first-order valence-corrected chi connectivity index (χ1v) is 11.8. The van der Waals surface area contributed by atoms with Crippen molar-refractivity contribution < 1.29 is 13.2 Å². The second-order valence-electron chi connectivity index (χ2n) is 7.85. The van der Waals surface area contributed by atoms with Gasteiger partial charge < -0.3 is 11.1 Å². The first kappa shape index (κ1) is 22.0. The fourth-order valence-electron chi connectivity index (χ4n) is 3.75. The highest BCUT2D eigenvalue weighted by molar-refractivity contribution is 7.91. The number of hydrogen-bond acceptors (Lipinski definition) is 5. The molecule has 1 amide bonds. The summed E-state index contributed by atoms with van der Waals surface area (Å²) < 4.78 is 23.9. The van der Waals surface area contributed by atoms with E-state index in [1.54, 1.807) is 31.2 Å². The van der Waals surface area contributed by atoms with Crippen LogP contribution in [0, 0.1) is 11.3 Å². The second-order valence-corrected chi connectivity index (χ2v) is 10.1. The summed E-state index contributed by atoms with van der Waals surface area (Å²) in [5.74, 6) is -0.173. The van der Waals surface area contributed by atoms with Gasteiger partial charge in [-0.05, 0) is 41.7 Å². The van der Waals surface area contributed by atoms with Gasteiger partial charge in [0.2, 0.25) is 5.91 Å².